The van der Waals surface area contributed by atoms with Gasteiger partial charge >= 0.3 is 6.36 Å². The second kappa shape index (κ2) is 11.6. The monoisotopic (exact) mass is 486 g/mol. The zero-order valence-electron chi connectivity index (χ0n) is 16.9. The summed E-state index contributed by atoms with van der Waals surface area (Å²) in [5, 5.41) is 3.24. The third-order valence-electron chi connectivity index (χ3n) is 4.74. The molecule has 1 N–H and O–H groups in total. The normalized spacial score (nSPS) is 15.3. The summed E-state index contributed by atoms with van der Waals surface area (Å²) in [4.78, 5) is 2.07. The first-order valence-corrected chi connectivity index (χ1v) is 9.04. The molecule has 1 saturated heterocycles. The Kier molecular flexibility index (Phi) is 10.2. The second-order valence-corrected chi connectivity index (χ2v) is 6.53. The highest BCUT2D eigenvalue weighted by Gasteiger charge is 2.32. The first kappa shape index (κ1) is 27.1. The van der Waals surface area contributed by atoms with Crippen LogP contribution >= 0.6 is 24.8 Å². The molecule has 0 bridgehead atoms. The third-order valence-corrected chi connectivity index (χ3v) is 4.74. The number of piperazine rings is 1. The number of hydrogen-bond donors (Lipinski definition) is 1. The molecule has 0 saturated carbocycles. The van der Waals surface area contributed by atoms with Crippen LogP contribution in [-0.2, 0) is 0 Å². The third kappa shape index (κ3) is 6.77. The maximum absolute atomic E-state index is 15.0. The van der Waals surface area contributed by atoms with Gasteiger partial charge in [0.25, 0.3) is 0 Å². The fourth-order valence-corrected chi connectivity index (χ4v) is 3.46. The zero-order chi connectivity index (χ0) is 21.0. The fraction of sp³-hybridized carbons (Fsp3) is 0.400. The van der Waals surface area contributed by atoms with Crippen molar-refractivity contribution in [3.63, 3.8) is 0 Å². The number of nitrogens with zero attached hydrogens (tertiary/aromatic N) is 1. The minimum absolute atomic E-state index is 0. The van der Waals surface area contributed by atoms with E-state index >= 15 is 0 Å². The maximum Gasteiger partial charge on any atom is 0.573 e. The molecule has 0 radical (unpaired) electrons. The summed E-state index contributed by atoms with van der Waals surface area (Å²) in [6.07, 6.45) is -4.77. The quantitative estimate of drug-likeness (QED) is 0.605. The predicted octanol–water partition coefficient (Wildman–Crippen LogP) is 4.58. The van der Waals surface area contributed by atoms with Gasteiger partial charge in [0, 0.05) is 37.8 Å². The smallest absolute Gasteiger partial charge is 0.493 e. The van der Waals surface area contributed by atoms with Crippen molar-refractivity contribution < 1.29 is 31.8 Å². The minimum atomic E-state index is -4.77. The van der Waals surface area contributed by atoms with Gasteiger partial charge in [-0.2, -0.15) is 0 Å². The molecule has 1 aliphatic rings. The molecule has 2 aromatic rings. The van der Waals surface area contributed by atoms with Gasteiger partial charge in [-0.3, -0.25) is 4.90 Å². The van der Waals surface area contributed by atoms with Crippen molar-refractivity contribution in [1.29, 1.82) is 0 Å². The van der Waals surface area contributed by atoms with Crippen LogP contribution in [0.4, 0.5) is 17.6 Å². The summed E-state index contributed by atoms with van der Waals surface area (Å²) < 4.78 is 66.8. The molecule has 3 rings (SSSR count). The second-order valence-electron chi connectivity index (χ2n) is 6.53. The van der Waals surface area contributed by atoms with Gasteiger partial charge in [-0.25, -0.2) is 4.39 Å². The minimum Gasteiger partial charge on any atom is -0.493 e. The van der Waals surface area contributed by atoms with Crippen LogP contribution in [-0.4, -0.2) is 51.7 Å². The van der Waals surface area contributed by atoms with Crippen LogP contribution in [0.1, 0.15) is 17.2 Å². The fourth-order valence-electron chi connectivity index (χ4n) is 3.46. The van der Waals surface area contributed by atoms with Crippen LogP contribution in [0, 0.1) is 5.82 Å². The SMILES string of the molecule is COc1cc(F)c([C@@H](c2ccc(OC(F)(F)F)cc2)N2CCNCC2)cc1OC.Cl.Cl. The van der Waals surface area contributed by atoms with E-state index in [0.29, 0.717) is 30.0 Å². The van der Waals surface area contributed by atoms with E-state index in [9.17, 15) is 17.6 Å². The molecule has 1 heterocycles. The van der Waals surface area contributed by atoms with Gasteiger partial charge in [0.05, 0.1) is 20.3 Å². The van der Waals surface area contributed by atoms with Gasteiger partial charge < -0.3 is 19.5 Å². The molecular weight excluding hydrogens is 463 g/mol. The van der Waals surface area contributed by atoms with E-state index < -0.39 is 18.2 Å². The van der Waals surface area contributed by atoms with Crippen molar-refractivity contribution >= 4 is 24.8 Å². The number of benzene rings is 2. The highest BCUT2D eigenvalue weighted by molar-refractivity contribution is 5.85. The van der Waals surface area contributed by atoms with Crippen molar-refractivity contribution in [2.75, 3.05) is 40.4 Å². The summed E-state index contributed by atoms with van der Waals surface area (Å²) in [7, 11) is 2.88. The Morgan fingerprint density at radius 1 is 0.935 bits per heavy atom. The average molecular weight is 487 g/mol. The molecule has 0 aliphatic carbocycles. The molecule has 0 unspecified atom stereocenters. The Balaban J connectivity index is 0.00000240. The van der Waals surface area contributed by atoms with Crippen molar-refractivity contribution in [2.45, 2.75) is 12.4 Å². The summed E-state index contributed by atoms with van der Waals surface area (Å²) in [5.74, 6) is -0.169. The van der Waals surface area contributed by atoms with Gasteiger partial charge in [0.15, 0.2) is 11.5 Å². The van der Waals surface area contributed by atoms with Gasteiger partial charge in [0.1, 0.15) is 11.6 Å². The number of hydrogen-bond acceptors (Lipinski definition) is 5. The number of rotatable bonds is 6. The molecule has 0 aromatic heterocycles. The predicted molar refractivity (Wildman–Crippen MR) is 113 cm³/mol. The maximum atomic E-state index is 15.0. The molecule has 5 nitrogen and oxygen atoms in total. The number of halogens is 6. The molecule has 0 amide bonds. The number of nitrogens with one attached hydrogen (secondary N) is 1. The largest absolute Gasteiger partial charge is 0.573 e. The van der Waals surface area contributed by atoms with E-state index in [0.717, 1.165) is 13.1 Å². The zero-order valence-corrected chi connectivity index (χ0v) is 18.5. The van der Waals surface area contributed by atoms with Crippen LogP contribution in [0.25, 0.3) is 0 Å². The van der Waals surface area contributed by atoms with Gasteiger partial charge in [0.2, 0.25) is 0 Å². The molecule has 2 aromatic carbocycles. The lowest BCUT2D eigenvalue weighted by molar-refractivity contribution is -0.274. The summed E-state index contributed by atoms with van der Waals surface area (Å²) >= 11 is 0. The lowest BCUT2D eigenvalue weighted by atomic mass is 9.95. The summed E-state index contributed by atoms with van der Waals surface area (Å²) in [6.45, 7) is 2.75. The Labute approximate surface area is 190 Å². The molecule has 11 heteroatoms. The van der Waals surface area contributed by atoms with Crippen LogP contribution in [0.15, 0.2) is 36.4 Å². The Bertz CT molecular complexity index is 832. The number of alkyl halides is 3. The lowest BCUT2D eigenvalue weighted by Crippen LogP contribution is -2.45. The van der Waals surface area contributed by atoms with E-state index in [1.54, 1.807) is 6.07 Å². The highest BCUT2D eigenvalue weighted by atomic mass is 35.5. The van der Waals surface area contributed by atoms with Crippen LogP contribution in [0.2, 0.25) is 0 Å². The molecule has 31 heavy (non-hydrogen) atoms. The molecule has 1 atom stereocenters. The van der Waals surface area contributed by atoms with Crippen LogP contribution in [0.5, 0.6) is 17.2 Å². The van der Waals surface area contributed by atoms with Crippen molar-refractivity contribution in [1.82, 2.24) is 10.2 Å². The molecule has 1 fully saturated rings. The van der Waals surface area contributed by atoms with E-state index in [1.807, 2.05) is 0 Å². The summed E-state index contributed by atoms with van der Waals surface area (Å²) in [6, 6.07) is 7.82. The molecule has 174 valence electrons. The number of methoxy groups -OCH3 is 2. The van der Waals surface area contributed by atoms with Crippen molar-refractivity contribution in [3.05, 3.63) is 53.3 Å². The van der Waals surface area contributed by atoms with Gasteiger partial charge in [-0.1, -0.05) is 12.1 Å². The van der Waals surface area contributed by atoms with Crippen molar-refractivity contribution in [3.8, 4) is 17.2 Å². The summed E-state index contributed by atoms with van der Waals surface area (Å²) in [5.41, 5.74) is 1.00. The molecule has 1 aliphatic heterocycles. The first-order chi connectivity index (χ1) is 13.8. The topological polar surface area (TPSA) is 43.0 Å². The van der Waals surface area contributed by atoms with E-state index in [2.05, 4.69) is 15.0 Å². The van der Waals surface area contributed by atoms with Crippen LogP contribution < -0.4 is 19.5 Å². The Morgan fingerprint density at radius 3 is 2.00 bits per heavy atom. The highest BCUT2D eigenvalue weighted by Crippen LogP contribution is 2.38. The Morgan fingerprint density at radius 2 is 1.48 bits per heavy atom. The van der Waals surface area contributed by atoms with E-state index in [4.69, 9.17) is 9.47 Å². The average Bonchev–Trinajstić information content (AvgIpc) is 2.70. The van der Waals surface area contributed by atoms with E-state index in [1.165, 1.54) is 44.6 Å². The van der Waals surface area contributed by atoms with Gasteiger partial charge in [-0.05, 0) is 23.8 Å². The van der Waals surface area contributed by atoms with Gasteiger partial charge in [-0.15, -0.1) is 38.0 Å². The molecular formula is C20H24Cl2F4N2O3. The number of ether oxygens (including phenoxy) is 3. The van der Waals surface area contributed by atoms with Crippen LogP contribution in [0.3, 0.4) is 0 Å². The van der Waals surface area contributed by atoms with E-state index in [-0.39, 0.29) is 36.3 Å². The standard InChI is InChI=1S/C20H22F4N2O3.2ClH/c1-27-17-11-15(16(21)12-18(17)28-2)19(26-9-7-25-8-10-26)13-3-5-14(6-4-13)29-20(22,23)24;;/h3-6,11-12,19,25H,7-10H2,1-2H3;2*1H/t19-;;/m1../s1. The molecule has 0 spiro atoms. The van der Waals surface area contributed by atoms with Crippen molar-refractivity contribution in [2.24, 2.45) is 0 Å². The lowest BCUT2D eigenvalue weighted by Gasteiger charge is -2.36. The first-order valence-electron chi connectivity index (χ1n) is 9.04. The Hall–Kier alpha value is -1.94.